The van der Waals surface area contributed by atoms with Gasteiger partial charge in [0.2, 0.25) is 0 Å². The van der Waals surface area contributed by atoms with Crippen molar-refractivity contribution in [3.05, 3.63) is 48.6 Å². The third kappa shape index (κ3) is 2.75. The van der Waals surface area contributed by atoms with Crippen LogP contribution in [0.25, 0.3) is 0 Å². The van der Waals surface area contributed by atoms with Crippen LogP contribution in [0.1, 0.15) is 50.0 Å². The minimum Gasteiger partial charge on any atom is -0.103 e. The zero-order valence-electron chi connectivity index (χ0n) is 9.99. The van der Waals surface area contributed by atoms with Gasteiger partial charge >= 0.3 is 0 Å². The van der Waals surface area contributed by atoms with Crippen LogP contribution in [0, 0.1) is 12.0 Å². The molecule has 1 radical (unpaired) electrons. The molecule has 2 rings (SSSR count). The number of hydrogen-bond donors (Lipinski definition) is 0. The molecule has 0 amide bonds. The van der Waals surface area contributed by atoms with E-state index in [1.165, 1.54) is 37.7 Å². The first kappa shape index (κ1) is 11.4. The molecule has 1 aromatic carbocycles. The molecule has 1 fully saturated rings. The van der Waals surface area contributed by atoms with Gasteiger partial charge in [0.25, 0.3) is 0 Å². The van der Waals surface area contributed by atoms with Crippen LogP contribution in [-0.4, -0.2) is 0 Å². The summed E-state index contributed by atoms with van der Waals surface area (Å²) in [6, 6.07) is 11.8. The fourth-order valence-electron chi connectivity index (χ4n) is 2.93. The summed E-state index contributed by atoms with van der Waals surface area (Å²) in [4.78, 5) is 0. The molecule has 85 valence electrons. The Bertz CT molecular complexity index is 306. The molecular weight excluding hydrogens is 192 g/mol. The zero-order chi connectivity index (χ0) is 11.2. The highest BCUT2D eigenvalue weighted by atomic mass is 14.3. The topological polar surface area (TPSA) is 0 Å². The molecule has 0 nitrogen and oxygen atoms in total. The lowest BCUT2D eigenvalue weighted by molar-refractivity contribution is 0.304. The van der Waals surface area contributed by atoms with Gasteiger partial charge in [0.05, 0.1) is 0 Å². The molecule has 1 aliphatic carbocycles. The lowest BCUT2D eigenvalue weighted by Crippen LogP contribution is -2.16. The Balaban J connectivity index is 2.12. The minimum absolute atomic E-state index is 0.652. The standard InChI is InChI=1S/C16H21/c1-2-9-16(14-10-5-3-6-11-14)15-12-7-4-8-13-15/h2-3,5-6,10,15-16H,1,4,7-9,12-13H2. The van der Waals surface area contributed by atoms with E-state index in [0.717, 1.165) is 12.3 Å². The average molecular weight is 213 g/mol. The van der Waals surface area contributed by atoms with E-state index in [-0.39, 0.29) is 0 Å². The summed E-state index contributed by atoms with van der Waals surface area (Å²) in [6.45, 7) is 3.91. The molecule has 16 heavy (non-hydrogen) atoms. The van der Waals surface area contributed by atoms with Crippen molar-refractivity contribution in [1.29, 1.82) is 0 Å². The summed E-state index contributed by atoms with van der Waals surface area (Å²) in [5, 5.41) is 0. The molecule has 1 unspecified atom stereocenters. The molecule has 1 atom stereocenters. The molecule has 0 heteroatoms. The summed E-state index contributed by atoms with van der Waals surface area (Å²) in [7, 11) is 0. The molecule has 0 saturated heterocycles. The average Bonchev–Trinajstić information content (AvgIpc) is 2.38. The van der Waals surface area contributed by atoms with Crippen LogP contribution >= 0.6 is 0 Å². The molecular formula is C16H21. The molecule has 0 aromatic heterocycles. The smallest absolute Gasteiger partial charge is 0.00930 e. The molecule has 0 spiro atoms. The highest BCUT2D eigenvalue weighted by Gasteiger charge is 2.23. The van der Waals surface area contributed by atoms with Gasteiger partial charge in [-0.15, -0.1) is 6.58 Å². The number of rotatable bonds is 4. The van der Waals surface area contributed by atoms with Crippen LogP contribution in [0.4, 0.5) is 0 Å². The maximum absolute atomic E-state index is 3.91. The Kier molecular flexibility index (Phi) is 4.21. The van der Waals surface area contributed by atoms with E-state index < -0.39 is 0 Å². The van der Waals surface area contributed by atoms with E-state index in [4.69, 9.17) is 0 Å². The summed E-state index contributed by atoms with van der Waals surface area (Å²) in [6.07, 6.45) is 10.2. The Morgan fingerprint density at radius 1 is 1.31 bits per heavy atom. The van der Waals surface area contributed by atoms with Crippen LogP contribution in [0.2, 0.25) is 0 Å². The molecule has 0 aliphatic heterocycles. The maximum Gasteiger partial charge on any atom is -0.00930 e. The molecule has 1 saturated carbocycles. The fourth-order valence-corrected chi connectivity index (χ4v) is 2.93. The van der Waals surface area contributed by atoms with Gasteiger partial charge in [-0.2, -0.15) is 0 Å². The van der Waals surface area contributed by atoms with Gasteiger partial charge in [0.15, 0.2) is 0 Å². The van der Waals surface area contributed by atoms with Crippen molar-refractivity contribution >= 4 is 0 Å². The van der Waals surface area contributed by atoms with E-state index >= 15 is 0 Å². The van der Waals surface area contributed by atoms with Gasteiger partial charge < -0.3 is 0 Å². The fraction of sp³-hybridized carbons (Fsp3) is 0.500. The number of allylic oxidation sites excluding steroid dienone is 1. The first-order valence-electron chi connectivity index (χ1n) is 6.49. The Hall–Kier alpha value is -1.04. The molecule has 0 heterocycles. The lowest BCUT2D eigenvalue weighted by atomic mass is 9.75. The largest absolute Gasteiger partial charge is 0.103 e. The Labute approximate surface area is 99.4 Å². The van der Waals surface area contributed by atoms with E-state index in [9.17, 15) is 0 Å². The van der Waals surface area contributed by atoms with Gasteiger partial charge in [-0.1, -0.05) is 49.6 Å². The van der Waals surface area contributed by atoms with Crippen LogP contribution in [-0.2, 0) is 0 Å². The molecule has 1 aromatic rings. The monoisotopic (exact) mass is 213 g/mol. The normalized spacial score (nSPS) is 19.2. The highest BCUT2D eigenvalue weighted by Crippen LogP contribution is 2.37. The van der Waals surface area contributed by atoms with Gasteiger partial charge in [0.1, 0.15) is 0 Å². The maximum atomic E-state index is 3.91. The van der Waals surface area contributed by atoms with Crippen molar-refractivity contribution in [3.63, 3.8) is 0 Å². The van der Waals surface area contributed by atoms with Crippen molar-refractivity contribution < 1.29 is 0 Å². The van der Waals surface area contributed by atoms with Gasteiger partial charge in [0, 0.05) is 0 Å². The quantitative estimate of drug-likeness (QED) is 0.634. The van der Waals surface area contributed by atoms with Crippen molar-refractivity contribution in [1.82, 2.24) is 0 Å². The van der Waals surface area contributed by atoms with Crippen LogP contribution < -0.4 is 0 Å². The predicted octanol–water partition coefficient (Wildman–Crippen LogP) is 4.73. The number of benzene rings is 1. The second-order valence-corrected chi connectivity index (χ2v) is 4.85. The van der Waals surface area contributed by atoms with E-state index in [0.29, 0.717) is 5.92 Å². The predicted molar refractivity (Wildman–Crippen MR) is 69.4 cm³/mol. The molecule has 1 aliphatic rings. The first-order chi connectivity index (χ1) is 7.92. The van der Waals surface area contributed by atoms with Gasteiger partial charge in [-0.25, -0.2) is 0 Å². The van der Waals surface area contributed by atoms with E-state index in [2.05, 4.69) is 36.9 Å². The third-order valence-corrected chi connectivity index (χ3v) is 3.77. The Morgan fingerprint density at radius 3 is 2.75 bits per heavy atom. The third-order valence-electron chi connectivity index (χ3n) is 3.77. The SMILES string of the molecule is C=CCC(c1[c]cccc1)C1CCCCC1. The van der Waals surface area contributed by atoms with E-state index in [1.807, 2.05) is 6.07 Å². The number of hydrogen-bond acceptors (Lipinski definition) is 0. The Morgan fingerprint density at radius 2 is 2.12 bits per heavy atom. The summed E-state index contributed by atoms with van der Waals surface area (Å²) < 4.78 is 0. The van der Waals surface area contributed by atoms with Crippen LogP contribution in [0.5, 0.6) is 0 Å². The van der Waals surface area contributed by atoms with Crippen molar-refractivity contribution in [3.8, 4) is 0 Å². The van der Waals surface area contributed by atoms with Crippen molar-refractivity contribution in [2.24, 2.45) is 5.92 Å². The second-order valence-electron chi connectivity index (χ2n) is 4.85. The molecule has 0 bridgehead atoms. The van der Waals surface area contributed by atoms with E-state index in [1.54, 1.807) is 0 Å². The second kappa shape index (κ2) is 5.89. The van der Waals surface area contributed by atoms with Gasteiger partial charge in [-0.05, 0) is 42.7 Å². The summed E-state index contributed by atoms with van der Waals surface area (Å²) in [5.74, 6) is 1.50. The van der Waals surface area contributed by atoms with Crippen LogP contribution in [0.3, 0.4) is 0 Å². The van der Waals surface area contributed by atoms with Crippen LogP contribution in [0.15, 0.2) is 36.9 Å². The lowest BCUT2D eigenvalue weighted by Gasteiger charge is -2.29. The summed E-state index contributed by atoms with van der Waals surface area (Å²) >= 11 is 0. The highest BCUT2D eigenvalue weighted by molar-refractivity contribution is 5.20. The summed E-state index contributed by atoms with van der Waals surface area (Å²) in [5.41, 5.74) is 1.38. The van der Waals surface area contributed by atoms with Crippen molar-refractivity contribution in [2.45, 2.75) is 44.4 Å². The van der Waals surface area contributed by atoms with Gasteiger partial charge in [-0.3, -0.25) is 0 Å². The minimum atomic E-state index is 0.652. The zero-order valence-corrected chi connectivity index (χ0v) is 9.99. The first-order valence-corrected chi connectivity index (χ1v) is 6.49. The van der Waals surface area contributed by atoms with Crippen molar-refractivity contribution in [2.75, 3.05) is 0 Å². The molecule has 0 N–H and O–H groups in total.